The highest BCUT2D eigenvalue weighted by Crippen LogP contribution is 2.22. The second kappa shape index (κ2) is 7.07. The van der Waals surface area contributed by atoms with Gasteiger partial charge < -0.3 is 10.3 Å². The average Bonchev–Trinajstić information content (AvgIpc) is 2.80. The third-order valence-electron chi connectivity index (χ3n) is 2.92. The van der Waals surface area contributed by atoms with Gasteiger partial charge in [-0.3, -0.25) is 0 Å². The fraction of sp³-hybridized carbons (Fsp3) is 0.429. The molecule has 1 unspecified atom stereocenters. The maximum atomic E-state index is 6.12. The van der Waals surface area contributed by atoms with Gasteiger partial charge in [0.15, 0.2) is 5.82 Å². The predicted octanol–water partition coefficient (Wildman–Crippen LogP) is 3.64. The molecule has 4 nitrogen and oxygen atoms in total. The van der Waals surface area contributed by atoms with E-state index in [2.05, 4.69) is 10.1 Å². The Morgan fingerprint density at radius 1 is 1.35 bits per heavy atom. The molecule has 0 aliphatic carbocycles. The van der Waals surface area contributed by atoms with Crippen LogP contribution in [0.1, 0.15) is 37.0 Å². The third kappa shape index (κ3) is 4.47. The number of nitrogens with two attached hydrogens (primary N) is 1. The third-order valence-corrected chi connectivity index (χ3v) is 3.51. The lowest BCUT2D eigenvalue weighted by Crippen LogP contribution is -2.14. The predicted molar refractivity (Wildman–Crippen MR) is 80.2 cm³/mol. The van der Waals surface area contributed by atoms with Crippen molar-refractivity contribution in [1.29, 1.82) is 0 Å². The van der Waals surface area contributed by atoms with Crippen molar-refractivity contribution in [3.05, 3.63) is 45.5 Å². The average molecular weight is 314 g/mol. The van der Waals surface area contributed by atoms with Crippen LogP contribution in [0.25, 0.3) is 0 Å². The first-order valence-corrected chi connectivity index (χ1v) is 7.31. The van der Waals surface area contributed by atoms with Crippen LogP contribution in [-0.4, -0.2) is 16.2 Å². The number of aryl methyl sites for hydroxylation is 1. The molecule has 0 radical (unpaired) electrons. The van der Waals surface area contributed by atoms with E-state index in [1.165, 1.54) is 0 Å². The van der Waals surface area contributed by atoms with Crippen molar-refractivity contribution >= 4 is 23.2 Å². The molecular formula is C14H17Cl2N3O. The summed E-state index contributed by atoms with van der Waals surface area (Å²) in [5.74, 6) is 1.27. The monoisotopic (exact) mass is 313 g/mol. The van der Waals surface area contributed by atoms with Crippen LogP contribution in [0.5, 0.6) is 0 Å². The van der Waals surface area contributed by atoms with Crippen molar-refractivity contribution in [2.45, 2.75) is 38.6 Å². The second-order valence-electron chi connectivity index (χ2n) is 4.89. The van der Waals surface area contributed by atoms with Gasteiger partial charge in [0.1, 0.15) is 0 Å². The van der Waals surface area contributed by atoms with E-state index in [0.717, 1.165) is 24.8 Å². The summed E-state index contributed by atoms with van der Waals surface area (Å²) in [7, 11) is 0. The van der Waals surface area contributed by atoms with Gasteiger partial charge in [0.25, 0.3) is 0 Å². The van der Waals surface area contributed by atoms with Crippen LogP contribution in [0.4, 0.5) is 0 Å². The Morgan fingerprint density at radius 3 is 2.85 bits per heavy atom. The molecule has 1 aromatic heterocycles. The number of hydrogen-bond donors (Lipinski definition) is 1. The van der Waals surface area contributed by atoms with E-state index in [9.17, 15) is 0 Å². The molecular weight excluding hydrogens is 297 g/mol. The molecule has 0 aliphatic rings. The van der Waals surface area contributed by atoms with Crippen LogP contribution in [0.15, 0.2) is 22.7 Å². The van der Waals surface area contributed by atoms with Gasteiger partial charge in [-0.25, -0.2) is 0 Å². The summed E-state index contributed by atoms with van der Waals surface area (Å²) in [4.78, 5) is 4.36. The zero-order valence-corrected chi connectivity index (χ0v) is 12.8. The van der Waals surface area contributed by atoms with Gasteiger partial charge in [-0.1, -0.05) is 34.4 Å². The number of benzene rings is 1. The van der Waals surface area contributed by atoms with Gasteiger partial charge in [0, 0.05) is 28.9 Å². The lowest BCUT2D eigenvalue weighted by atomic mass is 10.1. The minimum atomic E-state index is 0.199. The quantitative estimate of drug-likeness (QED) is 0.884. The van der Waals surface area contributed by atoms with E-state index in [4.69, 9.17) is 33.5 Å². The van der Waals surface area contributed by atoms with Crippen LogP contribution >= 0.6 is 23.2 Å². The van der Waals surface area contributed by atoms with E-state index in [-0.39, 0.29) is 6.04 Å². The van der Waals surface area contributed by atoms with Crippen molar-refractivity contribution in [3.63, 3.8) is 0 Å². The van der Waals surface area contributed by atoms with Gasteiger partial charge in [-0.2, -0.15) is 4.98 Å². The Balaban J connectivity index is 1.95. The Bertz CT molecular complexity index is 569. The normalized spacial score (nSPS) is 12.6. The molecule has 0 amide bonds. The summed E-state index contributed by atoms with van der Waals surface area (Å²) in [6, 6.07) is 5.58. The fourth-order valence-corrected chi connectivity index (χ4v) is 2.35. The smallest absolute Gasteiger partial charge is 0.226 e. The Hall–Kier alpha value is -1.10. The molecule has 2 rings (SSSR count). The van der Waals surface area contributed by atoms with Gasteiger partial charge >= 0.3 is 0 Å². The molecule has 2 aromatic rings. The molecule has 0 bridgehead atoms. The zero-order chi connectivity index (χ0) is 14.5. The zero-order valence-electron chi connectivity index (χ0n) is 11.3. The lowest BCUT2D eigenvalue weighted by molar-refractivity contribution is 0.368. The number of aromatic nitrogens is 2. The first kappa shape index (κ1) is 15.3. The largest absolute Gasteiger partial charge is 0.339 e. The van der Waals surface area contributed by atoms with Crippen molar-refractivity contribution in [2.75, 3.05) is 0 Å². The summed E-state index contributed by atoms with van der Waals surface area (Å²) in [6.07, 6.45) is 3.18. The fourth-order valence-electron chi connectivity index (χ4n) is 1.87. The molecule has 20 heavy (non-hydrogen) atoms. The number of halogens is 2. The van der Waals surface area contributed by atoms with E-state index in [1.807, 2.05) is 13.0 Å². The molecule has 0 aliphatic heterocycles. The van der Waals surface area contributed by atoms with Crippen molar-refractivity contribution in [3.8, 4) is 0 Å². The van der Waals surface area contributed by atoms with Gasteiger partial charge in [-0.15, -0.1) is 0 Å². The summed E-state index contributed by atoms with van der Waals surface area (Å²) in [5.41, 5.74) is 6.63. The van der Waals surface area contributed by atoms with E-state index >= 15 is 0 Å². The topological polar surface area (TPSA) is 64.9 Å². The van der Waals surface area contributed by atoms with Gasteiger partial charge in [0.2, 0.25) is 5.89 Å². The van der Waals surface area contributed by atoms with Crippen LogP contribution in [0, 0.1) is 0 Å². The van der Waals surface area contributed by atoms with Crippen LogP contribution in [-0.2, 0) is 12.8 Å². The maximum absolute atomic E-state index is 6.12. The molecule has 108 valence electrons. The molecule has 0 saturated heterocycles. The molecule has 1 aromatic carbocycles. The van der Waals surface area contributed by atoms with Crippen molar-refractivity contribution in [2.24, 2.45) is 5.73 Å². The van der Waals surface area contributed by atoms with Crippen LogP contribution in [0.2, 0.25) is 10.0 Å². The van der Waals surface area contributed by atoms with E-state index < -0.39 is 0 Å². The molecule has 1 heterocycles. The first-order valence-electron chi connectivity index (χ1n) is 6.55. The highest BCUT2D eigenvalue weighted by Gasteiger charge is 2.10. The molecule has 0 saturated carbocycles. The summed E-state index contributed by atoms with van der Waals surface area (Å²) < 4.78 is 5.21. The van der Waals surface area contributed by atoms with E-state index in [0.29, 0.717) is 28.2 Å². The summed E-state index contributed by atoms with van der Waals surface area (Å²) in [5, 5.41) is 5.19. The van der Waals surface area contributed by atoms with Crippen molar-refractivity contribution in [1.82, 2.24) is 10.1 Å². The van der Waals surface area contributed by atoms with Crippen molar-refractivity contribution < 1.29 is 4.52 Å². The second-order valence-corrected chi connectivity index (χ2v) is 5.73. The molecule has 0 spiro atoms. The Kier molecular flexibility index (Phi) is 5.40. The number of hydrogen-bond acceptors (Lipinski definition) is 4. The van der Waals surface area contributed by atoms with Gasteiger partial charge in [-0.05, 0) is 37.5 Å². The van der Waals surface area contributed by atoms with Gasteiger partial charge in [0.05, 0.1) is 0 Å². The minimum absolute atomic E-state index is 0.199. The standard InChI is InChI=1S/C14H17Cl2N3O/c1-9(17)3-2-4-14-18-13(19-20-14)7-10-5-6-11(15)8-12(10)16/h5-6,8-9H,2-4,7,17H2,1H3. The Labute approximate surface area is 128 Å². The summed E-state index contributed by atoms with van der Waals surface area (Å²) in [6.45, 7) is 1.99. The minimum Gasteiger partial charge on any atom is -0.339 e. The SMILES string of the molecule is CC(N)CCCc1nc(Cc2ccc(Cl)cc2Cl)no1. The molecule has 1 atom stereocenters. The highest BCUT2D eigenvalue weighted by molar-refractivity contribution is 6.35. The lowest BCUT2D eigenvalue weighted by Gasteiger charge is -2.01. The maximum Gasteiger partial charge on any atom is 0.226 e. The van der Waals surface area contributed by atoms with Crippen LogP contribution in [0.3, 0.4) is 0 Å². The number of rotatable bonds is 6. The van der Waals surface area contributed by atoms with E-state index in [1.54, 1.807) is 12.1 Å². The van der Waals surface area contributed by atoms with Crippen LogP contribution < -0.4 is 5.73 Å². The highest BCUT2D eigenvalue weighted by atomic mass is 35.5. The molecule has 6 heteroatoms. The first-order chi connectivity index (χ1) is 9.54. The Morgan fingerprint density at radius 2 is 2.15 bits per heavy atom. The molecule has 0 fully saturated rings. The number of nitrogens with zero attached hydrogens (tertiary/aromatic N) is 2. The molecule has 2 N–H and O–H groups in total. The summed E-state index contributed by atoms with van der Waals surface area (Å²) >= 11 is 12.0.